The molecule has 0 unspecified atom stereocenters. The number of hydrogen-bond acceptors (Lipinski definition) is 6. The molecule has 6 heteroatoms. The molecule has 1 aliphatic heterocycles. The molecule has 0 amide bonds. The lowest BCUT2D eigenvalue weighted by Crippen LogP contribution is -2.58. The van der Waals surface area contributed by atoms with E-state index in [1.807, 2.05) is 30.3 Å². The van der Waals surface area contributed by atoms with Crippen LogP contribution >= 0.6 is 0 Å². The molecule has 0 aromatic heterocycles. The van der Waals surface area contributed by atoms with Crippen LogP contribution in [0, 0.1) is 0 Å². The summed E-state index contributed by atoms with van der Waals surface area (Å²) >= 11 is 0. The Morgan fingerprint density at radius 1 is 1.24 bits per heavy atom. The summed E-state index contributed by atoms with van der Waals surface area (Å²) in [5, 5.41) is 20.1. The van der Waals surface area contributed by atoms with Crippen molar-refractivity contribution in [2.24, 2.45) is 0 Å². The molecular formula is C15H20O6. The highest BCUT2D eigenvalue weighted by molar-refractivity contribution is 5.66. The lowest BCUT2D eigenvalue weighted by Gasteiger charge is -2.40. The quantitative estimate of drug-likeness (QED) is 0.792. The first-order chi connectivity index (χ1) is 9.99. The van der Waals surface area contributed by atoms with E-state index in [0.717, 1.165) is 5.56 Å². The SMILES string of the molecule is CC(=O)O[C@@H]1[C@@H](O)[C@H](OCc2ccccc2)O[C@H](C)[C@H]1O. The minimum Gasteiger partial charge on any atom is -0.457 e. The predicted octanol–water partition coefficient (Wildman–Crippen LogP) is 0.601. The van der Waals surface area contributed by atoms with Crippen LogP contribution in [0.3, 0.4) is 0 Å². The van der Waals surface area contributed by atoms with E-state index in [9.17, 15) is 15.0 Å². The monoisotopic (exact) mass is 296 g/mol. The molecule has 1 aliphatic rings. The zero-order valence-corrected chi connectivity index (χ0v) is 12.0. The Kier molecular flexibility index (Phi) is 5.30. The number of hydrogen-bond donors (Lipinski definition) is 2. The molecule has 0 bridgehead atoms. The van der Waals surface area contributed by atoms with Crippen LogP contribution in [0.25, 0.3) is 0 Å². The van der Waals surface area contributed by atoms with Crippen LogP contribution in [-0.2, 0) is 25.6 Å². The summed E-state index contributed by atoms with van der Waals surface area (Å²) in [5.41, 5.74) is 0.927. The molecule has 2 rings (SSSR count). The zero-order chi connectivity index (χ0) is 15.4. The van der Waals surface area contributed by atoms with Gasteiger partial charge in [0.15, 0.2) is 12.4 Å². The van der Waals surface area contributed by atoms with Gasteiger partial charge in [-0.2, -0.15) is 0 Å². The molecule has 0 aliphatic carbocycles. The number of rotatable bonds is 4. The largest absolute Gasteiger partial charge is 0.457 e. The summed E-state index contributed by atoms with van der Waals surface area (Å²) < 4.78 is 15.9. The minimum absolute atomic E-state index is 0.248. The summed E-state index contributed by atoms with van der Waals surface area (Å²) in [6.45, 7) is 3.10. The summed E-state index contributed by atoms with van der Waals surface area (Å²) in [4.78, 5) is 11.1. The number of carbonyl (C=O) groups is 1. The van der Waals surface area contributed by atoms with E-state index in [1.165, 1.54) is 6.92 Å². The molecule has 116 valence electrons. The summed E-state index contributed by atoms with van der Waals surface area (Å²) in [7, 11) is 0. The van der Waals surface area contributed by atoms with E-state index in [1.54, 1.807) is 6.92 Å². The van der Waals surface area contributed by atoms with E-state index in [2.05, 4.69) is 0 Å². The van der Waals surface area contributed by atoms with Crippen LogP contribution in [0.5, 0.6) is 0 Å². The molecule has 1 aromatic rings. The Bertz CT molecular complexity index is 462. The maximum absolute atomic E-state index is 11.1. The molecule has 6 nitrogen and oxygen atoms in total. The minimum atomic E-state index is -1.25. The van der Waals surface area contributed by atoms with E-state index < -0.39 is 36.7 Å². The number of benzene rings is 1. The Labute approximate surface area is 123 Å². The number of aliphatic hydroxyl groups is 2. The van der Waals surface area contributed by atoms with Gasteiger partial charge in [-0.05, 0) is 12.5 Å². The van der Waals surface area contributed by atoms with Crippen molar-refractivity contribution in [2.75, 3.05) is 0 Å². The van der Waals surface area contributed by atoms with Crippen LogP contribution in [0.1, 0.15) is 19.4 Å². The number of carbonyl (C=O) groups excluding carboxylic acids is 1. The molecule has 0 spiro atoms. The van der Waals surface area contributed by atoms with Gasteiger partial charge in [0.25, 0.3) is 0 Å². The normalized spacial score (nSPS) is 32.7. The Hall–Kier alpha value is -1.47. The average Bonchev–Trinajstić information content (AvgIpc) is 2.47. The number of aliphatic hydroxyl groups excluding tert-OH is 2. The van der Waals surface area contributed by atoms with Crippen LogP contribution in [0.15, 0.2) is 30.3 Å². The number of ether oxygens (including phenoxy) is 3. The molecule has 1 fully saturated rings. The third kappa shape index (κ3) is 4.01. The number of esters is 1. The van der Waals surface area contributed by atoms with E-state index in [4.69, 9.17) is 14.2 Å². The summed E-state index contributed by atoms with van der Waals surface area (Å²) in [6.07, 6.45) is -4.98. The Balaban J connectivity index is 2.00. The molecular weight excluding hydrogens is 276 g/mol. The highest BCUT2D eigenvalue weighted by Gasteiger charge is 2.45. The first kappa shape index (κ1) is 15.9. The maximum atomic E-state index is 11.1. The van der Waals surface area contributed by atoms with Gasteiger partial charge in [-0.3, -0.25) is 4.79 Å². The van der Waals surface area contributed by atoms with Crippen molar-refractivity contribution in [3.8, 4) is 0 Å². The highest BCUT2D eigenvalue weighted by atomic mass is 16.7. The van der Waals surface area contributed by atoms with Gasteiger partial charge in [-0.25, -0.2) is 0 Å². The fraction of sp³-hybridized carbons (Fsp3) is 0.533. The smallest absolute Gasteiger partial charge is 0.303 e. The van der Waals surface area contributed by atoms with E-state index >= 15 is 0 Å². The van der Waals surface area contributed by atoms with Crippen LogP contribution in [0.2, 0.25) is 0 Å². The molecule has 21 heavy (non-hydrogen) atoms. The van der Waals surface area contributed by atoms with Crippen molar-refractivity contribution >= 4 is 5.97 Å². The van der Waals surface area contributed by atoms with E-state index in [0.29, 0.717) is 0 Å². The zero-order valence-electron chi connectivity index (χ0n) is 12.0. The molecule has 1 aromatic carbocycles. The second kappa shape index (κ2) is 7.00. The van der Waals surface area contributed by atoms with Crippen molar-refractivity contribution in [2.45, 2.75) is 51.2 Å². The fourth-order valence-corrected chi connectivity index (χ4v) is 2.22. The molecule has 1 heterocycles. The predicted molar refractivity (Wildman–Crippen MR) is 73.1 cm³/mol. The van der Waals surface area contributed by atoms with E-state index in [-0.39, 0.29) is 6.61 Å². The van der Waals surface area contributed by atoms with Gasteiger partial charge in [0.1, 0.15) is 12.2 Å². The third-order valence-electron chi connectivity index (χ3n) is 3.34. The van der Waals surface area contributed by atoms with Crippen LogP contribution in [-0.4, -0.2) is 46.9 Å². The van der Waals surface area contributed by atoms with Crippen molar-refractivity contribution in [3.63, 3.8) is 0 Å². The third-order valence-corrected chi connectivity index (χ3v) is 3.34. The second-order valence-electron chi connectivity index (χ2n) is 5.06. The van der Waals surface area contributed by atoms with Crippen LogP contribution < -0.4 is 0 Å². The molecule has 0 saturated carbocycles. The molecule has 2 N–H and O–H groups in total. The van der Waals surface area contributed by atoms with Gasteiger partial charge in [0, 0.05) is 6.92 Å². The topological polar surface area (TPSA) is 85.2 Å². The molecule has 0 radical (unpaired) electrons. The summed E-state index contributed by atoms with van der Waals surface area (Å²) in [6, 6.07) is 9.43. The highest BCUT2D eigenvalue weighted by Crippen LogP contribution is 2.25. The van der Waals surface area contributed by atoms with Crippen molar-refractivity contribution < 1.29 is 29.2 Å². The van der Waals surface area contributed by atoms with Gasteiger partial charge in [0.2, 0.25) is 0 Å². The van der Waals surface area contributed by atoms with Crippen LogP contribution in [0.4, 0.5) is 0 Å². The van der Waals surface area contributed by atoms with Gasteiger partial charge in [0.05, 0.1) is 12.7 Å². The lowest BCUT2D eigenvalue weighted by molar-refractivity contribution is -0.298. The standard InChI is InChI=1S/C15H20O6/c1-9-12(17)14(21-10(2)16)13(18)15(20-9)19-8-11-6-4-3-5-7-11/h3-7,9,12-15,17-18H,8H2,1-2H3/t9-,12-,13-,14+,15-/m1/s1. The van der Waals surface area contributed by atoms with Gasteiger partial charge in [-0.1, -0.05) is 30.3 Å². The van der Waals surface area contributed by atoms with Gasteiger partial charge >= 0.3 is 5.97 Å². The summed E-state index contributed by atoms with van der Waals surface area (Å²) in [5.74, 6) is -0.575. The average molecular weight is 296 g/mol. The first-order valence-electron chi connectivity index (χ1n) is 6.83. The van der Waals surface area contributed by atoms with Gasteiger partial charge < -0.3 is 24.4 Å². The van der Waals surface area contributed by atoms with Crippen molar-refractivity contribution in [1.29, 1.82) is 0 Å². The van der Waals surface area contributed by atoms with Crippen molar-refractivity contribution in [1.82, 2.24) is 0 Å². The van der Waals surface area contributed by atoms with Crippen molar-refractivity contribution in [3.05, 3.63) is 35.9 Å². The fourth-order valence-electron chi connectivity index (χ4n) is 2.22. The van der Waals surface area contributed by atoms with Gasteiger partial charge in [-0.15, -0.1) is 0 Å². The first-order valence-corrected chi connectivity index (χ1v) is 6.83. The maximum Gasteiger partial charge on any atom is 0.303 e. The Morgan fingerprint density at radius 2 is 1.90 bits per heavy atom. The lowest BCUT2D eigenvalue weighted by atomic mass is 9.99. The second-order valence-corrected chi connectivity index (χ2v) is 5.06. The molecule has 1 saturated heterocycles. The molecule has 5 atom stereocenters. The Morgan fingerprint density at radius 3 is 2.52 bits per heavy atom.